The lowest BCUT2D eigenvalue weighted by Gasteiger charge is -2.45. The number of nitrogens with two attached hydrogens (primary N) is 1. The Morgan fingerprint density at radius 2 is 1.59 bits per heavy atom. The van der Waals surface area contributed by atoms with Gasteiger partial charge in [0.05, 0.1) is 0 Å². The molecule has 0 aliphatic heterocycles. The number of rotatable bonds is 12. The lowest BCUT2D eigenvalue weighted by atomic mass is 9.89. The number of ether oxygens (including phenoxy) is 1. The van der Waals surface area contributed by atoms with E-state index in [1.807, 2.05) is 83.1 Å². The summed E-state index contributed by atoms with van der Waals surface area (Å²) in [4.78, 5) is 54.6. The van der Waals surface area contributed by atoms with Crippen molar-refractivity contribution >= 4 is 23.8 Å². The lowest BCUT2D eigenvalue weighted by molar-refractivity contribution is -0.149. The van der Waals surface area contributed by atoms with Gasteiger partial charge in [0.1, 0.15) is 17.7 Å². The molecule has 224 valence electrons. The monoisotopic (exact) mass is 566 g/mol. The maximum atomic E-state index is 14.5. The Morgan fingerprint density at radius 3 is 2.15 bits per heavy atom. The first-order valence-electron chi connectivity index (χ1n) is 14.1. The number of nitrogens with one attached hydrogen (secondary N) is 2. The fourth-order valence-electron chi connectivity index (χ4n) is 4.46. The minimum atomic E-state index is -1.15. The molecular weight excluding hydrogens is 520 g/mol. The summed E-state index contributed by atoms with van der Waals surface area (Å²) in [6, 6.07) is 13.0. The predicted molar refractivity (Wildman–Crippen MR) is 160 cm³/mol. The maximum absolute atomic E-state index is 14.5. The Balaban J connectivity index is 2.63. The Bertz CT molecular complexity index is 1220. The zero-order valence-corrected chi connectivity index (χ0v) is 25.7. The Morgan fingerprint density at radius 1 is 0.951 bits per heavy atom. The standard InChI is InChI=1S/C32H46N4O5/c1-9-32(7,8)36(29(39)25(18-19-26(33)37)35-30(40)41-31(4,5)6)27(24-17-13-14-21(2)22(24)3)28(38)34-20-23-15-11-10-12-16-23/h10-17,25,27H,9,18-20H2,1-8H3,(H2,33,37)(H,34,38)(H,35,40). The molecule has 2 aromatic carbocycles. The van der Waals surface area contributed by atoms with Gasteiger partial charge in [-0.25, -0.2) is 4.79 Å². The van der Waals surface area contributed by atoms with Crippen LogP contribution in [0.25, 0.3) is 0 Å². The van der Waals surface area contributed by atoms with Crippen LogP contribution in [0.1, 0.15) is 89.1 Å². The van der Waals surface area contributed by atoms with Crippen molar-refractivity contribution in [3.8, 4) is 0 Å². The summed E-state index contributed by atoms with van der Waals surface area (Å²) in [6.07, 6.45) is -0.469. The molecule has 0 bridgehead atoms. The SMILES string of the molecule is CCC(C)(C)N(C(=O)C(CCC(N)=O)NC(=O)OC(C)(C)C)C(C(=O)NCc1ccccc1)c1cccc(C)c1C. The Hall–Kier alpha value is -3.88. The van der Waals surface area contributed by atoms with Gasteiger partial charge in [0.15, 0.2) is 0 Å². The summed E-state index contributed by atoms with van der Waals surface area (Å²) in [5.41, 5.74) is 7.25. The Labute approximate surface area is 244 Å². The van der Waals surface area contributed by atoms with Gasteiger partial charge in [-0.1, -0.05) is 55.5 Å². The van der Waals surface area contributed by atoms with Gasteiger partial charge in [-0.15, -0.1) is 0 Å². The van der Waals surface area contributed by atoms with Gasteiger partial charge in [0.25, 0.3) is 0 Å². The molecule has 4 N–H and O–H groups in total. The largest absolute Gasteiger partial charge is 0.444 e. The van der Waals surface area contributed by atoms with Gasteiger partial charge in [0, 0.05) is 18.5 Å². The number of carbonyl (C=O) groups excluding carboxylic acids is 4. The van der Waals surface area contributed by atoms with Crippen molar-refractivity contribution in [2.45, 2.75) is 104 Å². The van der Waals surface area contributed by atoms with Crippen molar-refractivity contribution in [1.82, 2.24) is 15.5 Å². The average molecular weight is 567 g/mol. The van der Waals surface area contributed by atoms with Crippen molar-refractivity contribution in [1.29, 1.82) is 0 Å². The molecule has 2 atom stereocenters. The third kappa shape index (κ3) is 9.62. The second kappa shape index (κ2) is 14.1. The minimum Gasteiger partial charge on any atom is -0.444 e. The topological polar surface area (TPSA) is 131 Å². The molecule has 2 rings (SSSR count). The zero-order chi connectivity index (χ0) is 31.0. The van der Waals surface area contributed by atoms with Gasteiger partial charge in [-0.2, -0.15) is 0 Å². The third-order valence-electron chi connectivity index (χ3n) is 7.18. The highest BCUT2D eigenvalue weighted by Gasteiger charge is 2.43. The summed E-state index contributed by atoms with van der Waals surface area (Å²) in [6.45, 7) is 15.0. The van der Waals surface area contributed by atoms with Crippen LogP contribution < -0.4 is 16.4 Å². The molecule has 4 amide bonds. The summed E-state index contributed by atoms with van der Waals surface area (Å²) >= 11 is 0. The number of nitrogens with zero attached hydrogens (tertiary/aromatic N) is 1. The molecule has 9 nitrogen and oxygen atoms in total. The fraction of sp³-hybridized carbons (Fsp3) is 0.500. The quantitative estimate of drug-likeness (QED) is 0.339. The number of alkyl carbamates (subject to hydrolysis) is 1. The van der Waals surface area contributed by atoms with Gasteiger partial charge in [0.2, 0.25) is 17.7 Å². The van der Waals surface area contributed by atoms with E-state index in [2.05, 4.69) is 10.6 Å². The van der Waals surface area contributed by atoms with Crippen LogP contribution in [0.15, 0.2) is 48.5 Å². The van der Waals surface area contributed by atoms with Crippen LogP contribution in [0.4, 0.5) is 4.79 Å². The van der Waals surface area contributed by atoms with E-state index in [0.29, 0.717) is 12.0 Å². The maximum Gasteiger partial charge on any atom is 0.408 e. The van der Waals surface area contributed by atoms with Crippen LogP contribution in [0.5, 0.6) is 0 Å². The molecule has 41 heavy (non-hydrogen) atoms. The molecule has 0 heterocycles. The summed E-state index contributed by atoms with van der Waals surface area (Å²) < 4.78 is 5.42. The summed E-state index contributed by atoms with van der Waals surface area (Å²) in [7, 11) is 0. The molecule has 0 saturated heterocycles. The van der Waals surface area contributed by atoms with Crippen molar-refractivity contribution in [3.63, 3.8) is 0 Å². The number of hydrogen-bond donors (Lipinski definition) is 3. The predicted octanol–water partition coefficient (Wildman–Crippen LogP) is 4.84. The average Bonchev–Trinajstić information content (AvgIpc) is 2.89. The molecule has 0 aliphatic carbocycles. The highest BCUT2D eigenvalue weighted by Crippen LogP contribution is 2.34. The highest BCUT2D eigenvalue weighted by molar-refractivity contribution is 5.93. The van der Waals surface area contributed by atoms with Crippen molar-refractivity contribution < 1.29 is 23.9 Å². The number of primary amides is 1. The normalized spacial score (nSPS) is 13.1. The molecule has 9 heteroatoms. The summed E-state index contributed by atoms with van der Waals surface area (Å²) in [5.74, 6) is -1.48. The first kappa shape index (κ1) is 33.3. The lowest BCUT2D eigenvalue weighted by Crippen LogP contribution is -2.59. The zero-order valence-electron chi connectivity index (χ0n) is 25.7. The fourth-order valence-corrected chi connectivity index (χ4v) is 4.46. The number of amides is 4. The second-order valence-corrected chi connectivity index (χ2v) is 12.0. The minimum absolute atomic E-state index is 0.0468. The van der Waals surface area contributed by atoms with Crippen LogP contribution in [0.2, 0.25) is 0 Å². The van der Waals surface area contributed by atoms with E-state index in [4.69, 9.17) is 10.5 Å². The van der Waals surface area contributed by atoms with E-state index >= 15 is 0 Å². The highest BCUT2D eigenvalue weighted by atomic mass is 16.6. The third-order valence-corrected chi connectivity index (χ3v) is 7.18. The van der Waals surface area contributed by atoms with E-state index in [1.54, 1.807) is 20.8 Å². The van der Waals surface area contributed by atoms with Gasteiger partial charge < -0.3 is 26.0 Å². The summed E-state index contributed by atoms with van der Waals surface area (Å²) in [5, 5.41) is 5.66. The molecule has 2 aromatic rings. The molecule has 0 fully saturated rings. The van der Waals surface area contributed by atoms with Gasteiger partial charge >= 0.3 is 6.09 Å². The first-order valence-corrected chi connectivity index (χ1v) is 14.1. The van der Waals surface area contributed by atoms with E-state index in [9.17, 15) is 19.2 Å². The molecule has 2 unspecified atom stereocenters. The van der Waals surface area contributed by atoms with Crippen molar-refractivity contribution in [3.05, 3.63) is 70.8 Å². The molecular formula is C32H46N4O5. The van der Waals surface area contributed by atoms with E-state index in [-0.39, 0.29) is 25.3 Å². The molecule has 0 aromatic heterocycles. The van der Waals surface area contributed by atoms with E-state index in [1.165, 1.54) is 4.90 Å². The van der Waals surface area contributed by atoms with E-state index < -0.39 is 41.1 Å². The van der Waals surface area contributed by atoms with Crippen LogP contribution in [-0.2, 0) is 25.7 Å². The number of carbonyl (C=O) groups is 4. The first-order chi connectivity index (χ1) is 19.1. The van der Waals surface area contributed by atoms with Crippen molar-refractivity contribution in [2.75, 3.05) is 0 Å². The van der Waals surface area contributed by atoms with Gasteiger partial charge in [-0.05, 0) is 83.6 Å². The number of hydrogen-bond acceptors (Lipinski definition) is 5. The van der Waals surface area contributed by atoms with Crippen molar-refractivity contribution in [2.24, 2.45) is 5.73 Å². The number of aryl methyl sites for hydroxylation is 1. The van der Waals surface area contributed by atoms with Crippen LogP contribution in [-0.4, -0.2) is 45.9 Å². The smallest absolute Gasteiger partial charge is 0.408 e. The number of benzene rings is 2. The van der Waals surface area contributed by atoms with Gasteiger partial charge in [-0.3, -0.25) is 14.4 Å². The second-order valence-electron chi connectivity index (χ2n) is 12.0. The van der Waals surface area contributed by atoms with E-state index in [0.717, 1.165) is 16.7 Å². The molecule has 0 aliphatic rings. The Kier molecular flexibility index (Phi) is 11.5. The van der Waals surface area contributed by atoms with Crippen LogP contribution >= 0.6 is 0 Å². The van der Waals surface area contributed by atoms with Crippen LogP contribution in [0.3, 0.4) is 0 Å². The molecule has 0 spiro atoms. The van der Waals surface area contributed by atoms with Crippen LogP contribution in [0, 0.1) is 13.8 Å². The molecule has 0 radical (unpaired) electrons. The molecule has 0 saturated carbocycles.